The molecule has 0 amide bonds. The molecule has 2 N–H and O–H groups in total. The standard InChI is InChI=1S/C29H45O3P/c1-26(2,3)21-13-19(14-22(17-21)27(4,5)6)25(32-33(30)31)20-15-23(28(7,8)9)18-24(16-20)29(10,11)12/h13-18,25,30-31H,1-12H3. The molecule has 184 valence electrons. The Balaban J connectivity index is 2.86. The van der Waals surface area contributed by atoms with E-state index in [9.17, 15) is 9.79 Å². The summed E-state index contributed by atoms with van der Waals surface area (Å²) in [6.45, 7) is 26.5. The maximum absolute atomic E-state index is 9.96. The van der Waals surface area contributed by atoms with E-state index in [4.69, 9.17) is 4.52 Å². The quantitative estimate of drug-likeness (QED) is 0.441. The van der Waals surface area contributed by atoms with E-state index in [1.165, 1.54) is 22.3 Å². The van der Waals surface area contributed by atoms with Gasteiger partial charge >= 0.3 is 8.60 Å². The van der Waals surface area contributed by atoms with E-state index in [0.717, 1.165) is 11.1 Å². The Morgan fingerprint density at radius 1 is 0.515 bits per heavy atom. The third-order valence-electron chi connectivity index (χ3n) is 6.18. The van der Waals surface area contributed by atoms with Gasteiger partial charge in [-0.25, -0.2) is 0 Å². The van der Waals surface area contributed by atoms with Crippen LogP contribution in [-0.4, -0.2) is 9.79 Å². The molecule has 2 aromatic carbocycles. The van der Waals surface area contributed by atoms with Gasteiger partial charge in [-0.15, -0.1) is 0 Å². The molecule has 0 radical (unpaired) electrons. The summed E-state index contributed by atoms with van der Waals surface area (Å²) in [6, 6.07) is 13.2. The third kappa shape index (κ3) is 7.36. The van der Waals surface area contributed by atoms with Crippen LogP contribution in [0.5, 0.6) is 0 Å². The summed E-state index contributed by atoms with van der Waals surface area (Å²) in [6.07, 6.45) is -0.571. The lowest BCUT2D eigenvalue weighted by molar-refractivity contribution is 0.203. The Labute approximate surface area is 203 Å². The van der Waals surface area contributed by atoms with Crippen LogP contribution >= 0.6 is 8.60 Å². The van der Waals surface area contributed by atoms with Crippen molar-refractivity contribution in [1.82, 2.24) is 0 Å². The summed E-state index contributed by atoms with van der Waals surface area (Å²) in [7, 11) is -2.54. The second kappa shape index (κ2) is 9.42. The van der Waals surface area contributed by atoms with E-state index in [2.05, 4.69) is 119 Å². The van der Waals surface area contributed by atoms with Gasteiger partial charge in [-0.05, 0) is 55.0 Å². The summed E-state index contributed by atoms with van der Waals surface area (Å²) < 4.78 is 5.87. The SMILES string of the molecule is CC(C)(C)c1cc(C(OP(O)O)c2cc(C(C)(C)C)cc(C(C)(C)C)c2)cc(C(C)(C)C)c1. The largest absolute Gasteiger partial charge is 0.328 e. The van der Waals surface area contributed by atoms with Crippen molar-refractivity contribution in [3.63, 3.8) is 0 Å². The summed E-state index contributed by atoms with van der Waals surface area (Å²) in [5.74, 6) is 0. The lowest BCUT2D eigenvalue weighted by atomic mass is 9.77. The predicted molar refractivity (Wildman–Crippen MR) is 142 cm³/mol. The normalized spacial score (nSPS) is 13.8. The highest BCUT2D eigenvalue weighted by molar-refractivity contribution is 7.39. The first-order valence-corrected chi connectivity index (χ1v) is 13.0. The van der Waals surface area contributed by atoms with Crippen LogP contribution in [0.2, 0.25) is 0 Å². The van der Waals surface area contributed by atoms with E-state index in [1.54, 1.807) is 0 Å². The fourth-order valence-electron chi connectivity index (χ4n) is 3.75. The number of rotatable bonds is 4. The van der Waals surface area contributed by atoms with Gasteiger partial charge in [0.05, 0.1) is 0 Å². The Morgan fingerprint density at radius 2 is 0.758 bits per heavy atom. The average molecular weight is 473 g/mol. The Morgan fingerprint density at radius 3 is 0.939 bits per heavy atom. The number of hydrogen-bond acceptors (Lipinski definition) is 3. The van der Waals surface area contributed by atoms with Crippen LogP contribution in [0.4, 0.5) is 0 Å². The fourth-order valence-corrected chi connectivity index (χ4v) is 4.18. The van der Waals surface area contributed by atoms with Gasteiger partial charge in [-0.2, -0.15) is 0 Å². The molecular weight excluding hydrogens is 427 g/mol. The molecule has 0 aliphatic heterocycles. The summed E-state index contributed by atoms with van der Waals surface area (Å²) in [5.41, 5.74) is 6.55. The Hall–Kier alpha value is -1.25. The van der Waals surface area contributed by atoms with Gasteiger partial charge < -0.3 is 9.79 Å². The molecule has 0 aliphatic rings. The summed E-state index contributed by atoms with van der Waals surface area (Å²) >= 11 is 0. The molecule has 0 fully saturated rings. The average Bonchev–Trinajstić information content (AvgIpc) is 2.62. The van der Waals surface area contributed by atoms with Crippen molar-refractivity contribution in [1.29, 1.82) is 0 Å². The molecule has 33 heavy (non-hydrogen) atoms. The van der Waals surface area contributed by atoms with Crippen molar-refractivity contribution in [2.75, 3.05) is 0 Å². The van der Waals surface area contributed by atoms with Crippen molar-refractivity contribution in [3.8, 4) is 0 Å². The topological polar surface area (TPSA) is 49.7 Å². The molecule has 3 nitrogen and oxygen atoms in total. The fraction of sp³-hybridized carbons (Fsp3) is 0.586. The minimum atomic E-state index is -2.54. The van der Waals surface area contributed by atoms with E-state index >= 15 is 0 Å². The minimum Gasteiger partial charge on any atom is -0.328 e. The van der Waals surface area contributed by atoms with Crippen LogP contribution in [0.25, 0.3) is 0 Å². The van der Waals surface area contributed by atoms with Crippen LogP contribution in [0.1, 0.15) is 123 Å². The lowest BCUT2D eigenvalue weighted by Crippen LogP contribution is -2.20. The maximum Gasteiger partial charge on any atom is 0.327 e. The van der Waals surface area contributed by atoms with Gasteiger partial charge in [-0.3, -0.25) is 4.52 Å². The summed E-state index contributed by atoms with van der Waals surface area (Å²) in [4.78, 5) is 19.9. The highest BCUT2D eigenvalue weighted by Crippen LogP contribution is 2.43. The van der Waals surface area contributed by atoms with Crippen LogP contribution in [0.3, 0.4) is 0 Å². The van der Waals surface area contributed by atoms with Crippen molar-refractivity contribution in [3.05, 3.63) is 69.8 Å². The van der Waals surface area contributed by atoms with Crippen molar-refractivity contribution < 1.29 is 14.3 Å². The van der Waals surface area contributed by atoms with Gasteiger partial charge in [0.15, 0.2) is 0 Å². The van der Waals surface area contributed by atoms with Gasteiger partial charge in [0.1, 0.15) is 6.10 Å². The van der Waals surface area contributed by atoms with Crippen LogP contribution in [0, 0.1) is 0 Å². The number of hydrogen-bond donors (Lipinski definition) is 2. The molecule has 0 saturated heterocycles. The molecule has 0 bridgehead atoms. The van der Waals surface area contributed by atoms with E-state index in [0.29, 0.717) is 0 Å². The third-order valence-corrected chi connectivity index (χ3v) is 6.58. The van der Waals surface area contributed by atoms with E-state index in [1.807, 2.05) is 0 Å². The molecular formula is C29H45O3P. The zero-order chi connectivity index (χ0) is 25.6. The van der Waals surface area contributed by atoms with Gasteiger partial charge in [-0.1, -0.05) is 119 Å². The Kier molecular flexibility index (Phi) is 7.99. The zero-order valence-electron chi connectivity index (χ0n) is 22.8. The molecule has 0 heterocycles. The first-order valence-electron chi connectivity index (χ1n) is 11.9. The smallest absolute Gasteiger partial charge is 0.327 e. The van der Waals surface area contributed by atoms with Crippen LogP contribution < -0.4 is 0 Å². The molecule has 0 atom stereocenters. The van der Waals surface area contributed by atoms with Crippen molar-refractivity contribution in [2.24, 2.45) is 0 Å². The second-order valence-corrected chi connectivity index (χ2v) is 14.1. The van der Waals surface area contributed by atoms with Crippen LogP contribution in [0.15, 0.2) is 36.4 Å². The molecule has 4 heteroatoms. The maximum atomic E-state index is 9.96. The van der Waals surface area contributed by atoms with Gasteiger partial charge in [0, 0.05) is 0 Å². The summed E-state index contributed by atoms with van der Waals surface area (Å²) in [5, 5.41) is 0. The molecule has 0 aromatic heterocycles. The lowest BCUT2D eigenvalue weighted by Gasteiger charge is -2.30. The molecule has 0 saturated carbocycles. The first-order chi connectivity index (χ1) is 14.7. The van der Waals surface area contributed by atoms with E-state index in [-0.39, 0.29) is 21.7 Å². The molecule has 2 rings (SSSR count). The van der Waals surface area contributed by atoms with Gasteiger partial charge in [0.2, 0.25) is 0 Å². The Bertz CT molecular complexity index is 824. The second-order valence-electron chi connectivity index (χ2n) is 13.4. The molecule has 0 unspecified atom stereocenters. The molecule has 0 spiro atoms. The molecule has 2 aromatic rings. The highest BCUT2D eigenvalue weighted by atomic mass is 31.2. The van der Waals surface area contributed by atoms with Crippen molar-refractivity contribution >= 4 is 8.60 Å². The van der Waals surface area contributed by atoms with Crippen LogP contribution in [-0.2, 0) is 26.2 Å². The number of benzene rings is 2. The predicted octanol–water partition coefficient (Wildman–Crippen LogP) is 8.19. The highest BCUT2D eigenvalue weighted by Gasteiger charge is 2.28. The zero-order valence-corrected chi connectivity index (χ0v) is 23.7. The minimum absolute atomic E-state index is 0.0481. The van der Waals surface area contributed by atoms with Crippen molar-refractivity contribution in [2.45, 2.75) is 111 Å². The molecule has 0 aliphatic carbocycles. The monoisotopic (exact) mass is 472 g/mol. The van der Waals surface area contributed by atoms with E-state index < -0.39 is 14.7 Å². The van der Waals surface area contributed by atoms with Gasteiger partial charge in [0.25, 0.3) is 0 Å². The first kappa shape index (κ1) is 28.0.